The molecule has 6 heteroatoms. The van der Waals surface area contributed by atoms with Crippen molar-refractivity contribution >= 4 is 11.6 Å². The molecule has 0 aliphatic carbocycles. The minimum atomic E-state index is 0.0442. The molecule has 2 aliphatic rings. The number of hydrogen-bond acceptors (Lipinski definition) is 4. The summed E-state index contributed by atoms with van der Waals surface area (Å²) in [5.41, 5.74) is 3.40. The van der Waals surface area contributed by atoms with Crippen LogP contribution in [0.25, 0.3) is 0 Å². The molecule has 1 saturated heterocycles. The van der Waals surface area contributed by atoms with Gasteiger partial charge in [0.05, 0.1) is 19.8 Å². The van der Waals surface area contributed by atoms with E-state index in [2.05, 4.69) is 57.1 Å². The normalized spacial score (nSPS) is 21.0. The van der Waals surface area contributed by atoms with Crippen molar-refractivity contribution in [2.45, 2.75) is 26.1 Å². The van der Waals surface area contributed by atoms with Gasteiger partial charge in [-0.25, -0.2) is 0 Å². The lowest BCUT2D eigenvalue weighted by molar-refractivity contribution is -0.118. The number of nitrogens with zero attached hydrogens (tertiary/aromatic N) is 3. The van der Waals surface area contributed by atoms with E-state index < -0.39 is 0 Å². The summed E-state index contributed by atoms with van der Waals surface area (Å²) in [4.78, 5) is 17.1. The van der Waals surface area contributed by atoms with Crippen molar-refractivity contribution in [3.05, 3.63) is 53.9 Å². The van der Waals surface area contributed by atoms with Gasteiger partial charge in [0.1, 0.15) is 0 Å². The van der Waals surface area contributed by atoms with Crippen molar-refractivity contribution in [3.63, 3.8) is 0 Å². The molecule has 1 aromatic carbocycles. The van der Waals surface area contributed by atoms with Crippen molar-refractivity contribution in [2.24, 2.45) is 0 Å². The lowest BCUT2D eigenvalue weighted by atomic mass is 10.1. The Kier molecular flexibility index (Phi) is 5.57. The number of ether oxygens (including phenoxy) is 1. The highest BCUT2D eigenvalue weighted by molar-refractivity contribution is 5.92. The molecule has 0 bridgehead atoms. The third-order valence-electron chi connectivity index (χ3n) is 5.56. The van der Waals surface area contributed by atoms with E-state index >= 15 is 0 Å². The zero-order valence-electron chi connectivity index (χ0n) is 15.9. The van der Waals surface area contributed by atoms with Crippen molar-refractivity contribution in [3.8, 4) is 0 Å². The average molecular weight is 368 g/mol. The Bertz CT molecular complexity index is 765. The summed E-state index contributed by atoms with van der Waals surface area (Å²) in [6, 6.07) is 12.7. The summed E-state index contributed by atoms with van der Waals surface area (Å²) in [5.74, 6) is 0.0442. The fourth-order valence-electron chi connectivity index (χ4n) is 3.94. The van der Waals surface area contributed by atoms with Crippen molar-refractivity contribution < 1.29 is 9.53 Å². The Morgan fingerprint density at radius 3 is 2.67 bits per heavy atom. The van der Waals surface area contributed by atoms with E-state index in [1.165, 1.54) is 11.3 Å². The molecule has 3 heterocycles. The monoisotopic (exact) mass is 368 g/mol. The number of fused-ring (bicyclic) bond motifs is 1. The molecule has 1 atom stereocenters. The maximum absolute atomic E-state index is 12.5. The summed E-state index contributed by atoms with van der Waals surface area (Å²) in [6.07, 6.45) is 2.11. The van der Waals surface area contributed by atoms with Crippen LogP contribution < -0.4 is 5.32 Å². The molecule has 1 fully saturated rings. The van der Waals surface area contributed by atoms with Crippen LogP contribution in [-0.2, 0) is 22.6 Å². The molecule has 0 radical (unpaired) electrons. The highest BCUT2D eigenvalue weighted by Crippen LogP contribution is 2.25. The van der Waals surface area contributed by atoms with Gasteiger partial charge in [-0.2, -0.15) is 0 Å². The number of rotatable bonds is 5. The molecule has 4 rings (SSSR count). The predicted molar refractivity (Wildman–Crippen MR) is 106 cm³/mol. The van der Waals surface area contributed by atoms with Crippen molar-refractivity contribution in [1.29, 1.82) is 0 Å². The average Bonchev–Trinajstić information content (AvgIpc) is 3.16. The van der Waals surface area contributed by atoms with Gasteiger partial charge in [-0.05, 0) is 36.8 Å². The van der Waals surface area contributed by atoms with Crippen LogP contribution in [0.15, 0.2) is 42.6 Å². The standard InChI is InChI=1S/C21H28N4O2/c1-17-20-3-2-8-24(20)9-10-25(17)16-21(26)22-19-6-4-18(5-7-19)15-23-11-13-27-14-12-23/h2-8,17H,9-16H2,1H3,(H,22,26)/t17-/m1/s1. The SMILES string of the molecule is C[C@@H]1c2cccn2CCN1CC(=O)Nc1ccc(CN2CCOCC2)cc1. The topological polar surface area (TPSA) is 49.7 Å². The zero-order chi connectivity index (χ0) is 18.6. The molecule has 0 spiro atoms. The van der Waals surface area contributed by atoms with Gasteiger partial charge in [-0.1, -0.05) is 12.1 Å². The molecule has 1 aromatic heterocycles. The third kappa shape index (κ3) is 4.40. The Morgan fingerprint density at radius 2 is 1.89 bits per heavy atom. The second kappa shape index (κ2) is 8.25. The van der Waals surface area contributed by atoms with Gasteiger partial charge in [-0.15, -0.1) is 0 Å². The number of benzene rings is 1. The van der Waals surface area contributed by atoms with Crippen LogP contribution in [0.1, 0.15) is 24.2 Å². The molecule has 27 heavy (non-hydrogen) atoms. The van der Waals surface area contributed by atoms with Gasteiger partial charge in [0, 0.05) is 56.3 Å². The second-order valence-electron chi connectivity index (χ2n) is 7.41. The molecule has 2 aliphatic heterocycles. The molecule has 0 saturated carbocycles. The van der Waals surface area contributed by atoms with Gasteiger partial charge < -0.3 is 14.6 Å². The van der Waals surface area contributed by atoms with Crippen LogP contribution in [0.3, 0.4) is 0 Å². The molecular weight excluding hydrogens is 340 g/mol. The minimum absolute atomic E-state index is 0.0442. The molecule has 0 unspecified atom stereocenters. The van der Waals surface area contributed by atoms with Crippen LogP contribution >= 0.6 is 0 Å². The van der Waals surface area contributed by atoms with E-state index in [0.29, 0.717) is 6.54 Å². The van der Waals surface area contributed by atoms with Gasteiger partial charge in [-0.3, -0.25) is 14.6 Å². The number of carbonyl (C=O) groups excluding carboxylic acids is 1. The summed E-state index contributed by atoms with van der Waals surface area (Å²) < 4.78 is 7.66. The molecule has 1 N–H and O–H groups in total. The molecular formula is C21H28N4O2. The Labute approximate surface area is 160 Å². The second-order valence-corrected chi connectivity index (χ2v) is 7.41. The van der Waals surface area contributed by atoms with E-state index in [1.807, 2.05) is 12.1 Å². The largest absolute Gasteiger partial charge is 0.379 e. The Hall–Kier alpha value is -2.15. The number of amides is 1. The van der Waals surface area contributed by atoms with Gasteiger partial charge in [0.25, 0.3) is 0 Å². The van der Waals surface area contributed by atoms with Crippen LogP contribution in [-0.4, -0.2) is 59.7 Å². The van der Waals surface area contributed by atoms with Gasteiger partial charge >= 0.3 is 0 Å². The maximum atomic E-state index is 12.5. The Morgan fingerprint density at radius 1 is 1.11 bits per heavy atom. The van der Waals surface area contributed by atoms with Crippen LogP contribution in [0.5, 0.6) is 0 Å². The molecule has 144 valence electrons. The fraction of sp³-hybridized carbons (Fsp3) is 0.476. The highest BCUT2D eigenvalue weighted by Gasteiger charge is 2.25. The summed E-state index contributed by atoms with van der Waals surface area (Å²) in [7, 11) is 0. The fourth-order valence-corrected chi connectivity index (χ4v) is 3.94. The number of nitrogens with one attached hydrogen (secondary N) is 1. The van der Waals surface area contributed by atoms with E-state index in [-0.39, 0.29) is 11.9 Å². The highest BCUT2D eigenvalue weighted by atomic mass is 16.5. The first-order valence-corrected chi connectivity index (χ1v) is 9.77. The number of hydrogen-bond donors (Lipinski definition) is 1. The molecule has 1 amide bonds. The first-order chi connectivity index (χ1) is 13.2. The van der Waals surface area contributed by atoms with Crippen molar-refractivity contribution in [2.75, 3.05) is 44.7 Å². The van der Waals surface area contributed by atoms with Crippen LogP contribution in [0.2, 0.25) is 0 Å². The predicted octanol–water partition coefficient (Wildman–Crippen LogP) is 2.34. The van der Waals surface area contributed by atoms with Crippen LogP contribution in [0, 0.1) is 0 Å². The lowest BCUT2D eigenvalue weighted by Gasteiger charge is -2.34. The smallest absolute Gasteiger partial charge is 0.238 e. The summed E-state index contributed by atoms with van der Waals surface area (Å²) >= 11 is 0. The first kappa shape index (κ1) is 18.2. The maximum Gasteiger partial charge on any atom is 0.238 e. The van der Waals surface area contributed by atoms with E-state index in [0.717, 1.165) is 51.6 Å². The number of carbonyl (C=O) groups is 1. The van der Waals surface area contributed by atoms with E-state index in [4.69, 9.17) is 4.74 Å². The summed E-state index contributed by atoms with van der Waals surface area (Å²) in [5, 5.41) is 3.04. The van der Waals surface area contributed by atoms with Crippen molar-refractivity contribution in [1.82, 2.24) is 14.4 Å². The summed E-state index contributed by atoms with van der Waals surface area (Å²) in [6.45, 7) is 8.95. The van der Waals surface area contributed by atoms with E-state index in [1.54, 1.807) is 0 Å². The quantitative estimate of drug-likeness (QED) is 0.880. The third-order valence-corrected chi connectivity index (χ3v) is 5.56. The zero-order valence-corrected chi connectivity index (χ0v) is 15.9. The lowest BCUT2D eigenvalue weighted by Crippen LogP contribution is -2.41. The van der Waals surface area contributed by atoms with Gasteiger partial charge in [0.15, 0.2) is 0 Å². The molecule has 6 nitrogen and oxygen atoms in total. The minimum Gasteiger partial charge on any atom is -0.379 e. The van der Waals surface area contributed by atoms with Crippen LogP contribution in [0.4, 0.5) is 5.69 Å². The Balaban J connectivity index is 1.29. The number of morpholine rings is 1. The molecule has 2 aromatic rings. The number of anilines is 1. The van der Waals surface area contributed by atoms with E-state index in [9.17, 15) is 4.79 Å². The van der Waals surface area contributed by atoms with Gasteiger partial charge in [0.2, 0.25) is 5.91 Å². The first-order valence-electron chi connectivity index (χ1n) is 9.77. The number of aromatic nitrogens is 1.